The van der Waals surface area contributed by atoms with Crippen LogP contribution in [-0.4, -0.2) is 29.3 Å². The number of aromatic nitrogens is 1. The number of anilines is 2. The Hall–Kier alpha value is -1.43. The Kier molecular flexibility index (Phi) is 2.91. The van der Waals surface area contributed by atoms with Gasteiger partial charge in [-0.25, -0.2) is 13.8 Å². The highest BCUT2D eigenvalue weighted by Gasteiger charge is 2.31. The van der Waals surface area contributed by atoms with E-state index in [1.54, 1.807) is 4.90 Å². The van der Waals surface area contributed by atoms with Crippen LogP contribution in [-0.2, 0) is 0 Å². The fraction of sp³-hybridized carbons (Fsp3) is 0.500. The zero-order valence-electron chi connectivity index (χ0n) is 8.66. The van der Waals surface area contributed by atoms with Gasteiger partial charge in [-0.2, -0.15) is 0 Å². The molecule has 3 N–H and O–H groups in total. The second-order valence-electron chi connectivity index (χ2n) is 3.81. The fourth-order valence-electron chi connectivity index (χ4n) is 1.63. The average molecular weight is 229 g/mol. The van der Waals surface area contributed by atoms with Crippen molar-refractivity contribution in [3.8, 4) is 0 Å². The van der Waals surface area contributed by atoms with Crippen LogP contribution in [0.5, 0.6) is 0 Å². The third kappa shape index (κ3) is 2.06. The first-order valence-electron chi connectivity index (χ1n) is 5.12. The number of aliphatic hydroxyl groups excluding tert-OH is 1. The number of nitrogen functional groups attached to an aromatic ring is 1. The molecule has 0 atom stereocenters. The summed E-state index contributed by atoms with van der Waals surface area (Å²) in [6, 6.07) is 0.906. The van der Waals surface area contributed by atoms with E-state index in [4.69, 9.17) is 10.8 Å². The molecule has 1 saturated carbocycles. The van der Waals surface area contributed by atoms with Crippen LogP contribution in [0.2, 0.25) is 0 Å². The Morgan fingerprint density at radius 1 is 1.44 bits per heavy atom. The van der Waals surface area contributed by atoms with Crippen molar-refractivity contribution in [2.75, 3.05) is 23.8 Å². The van der Waals surface area contributed by atoms with Gasteiger partial charge in [0.2, 0.25) is 0 Å². The van der Waals surface area contributed by atoms with Crippen molar-refractivity contribution in [3.05, 3.63) is 17.7 Å². The van der Waals surface area contributed by atoms with E-state index in [0.717, 1.165) is 18.9 Å². The van der Waals surface area contributed by atoms with Gasteiger partial charge in [-0.05, 0) is 12.8 Å². The Morgan fingerprint density at radius 2 is 2.12 bits per heavy atom. The summed E-state index contributed by atoms with van der Waals surface area (Å²) in [6.45, 7) is 0.175. The van der Waals surface area contributed by atoms with Crippen molar-refractivity contribution >= 4 is 11.6 Å². The first-order valence-corrected chi connectivity index (χ1v) is 5.12. The minimum absolute atomic E-state index is 0.0236. The van der Waals surface area contributed by atoms with Crippen molar-refractivity contribution in [2.24, 2.45) is 0 Å². The summed E-state index contributed by atoms with van der Waals surface area (Å²) in [4.78, 5) is 5.33. The van der Waals surface area contributed by atoms with Crippen LogP contribution in [0.3, 0.4) is 0 Å². The van der Waals surface area contributed by atoms with E-state index < -0.39 is 11.6 Å². The van der Waals surface area contributed by atoms with Gasteiger partial charge in [0.25, 0.3) is 0 Å². The molecule has 1 aliphatic rings. The van der Waals surface area contributed by atoms with Crippen LogP contribution in [0, 0.1) is 11.6 Å². The summed E-state index contributed by atoms with van der Waals surface area (Å²) in [6.07, 6.45) is 1.86. The lowest BCUT2D eigenvalue weighted by molar-refractivity contribution is 0.300. The van der Waals surface area contributed by atoms with Crippen LogP contribution in [0.4, 0.5) is 20.4 Å². The molecule has 88 valence electrons. The summed E-state index contributed by atoms with van der Waals surface area (Å²) in [5.74, 6) is -1.90. The number of nitrogens with two attached hydrogens (primary N) is 1. The van der Waals surface area contributed by atoms with E-state index >= 15 is 0 Å². The number of pyridine rings is 1. The minimum atomic E-state index is -0.860. The summed E-state index contributed by atoms with van der Waals surface area (Å²) >= 11 is 0. The quantitative estimate of drug-likeness (QED) is 0.805. The highest BCUT2D eigenvalue weighted by Crippen LogP contribution is 2.32. The summed E-state index contributed by atoms with van der Waals surface area (Å²) in [5, 5.41) is 8.89. The van der Waals surface area contributed by atoms with Crippen molar-refractivity contribution in [1.82, 2.24) is 4.98 Å². The number of aliphatic hydroxyl groups is 1. The summed E-state index contributed by atoms with van der Waals surface area (Å²) in [7, 11) is 0. The molecule has 0 spiro atoms. The minimum Gasteiger partial charge on any atom is -0.395 e. The highest BCUT2D eigenvalue weighted by atomic mass is 19.1. The number of hydrogen-bond donors (Lipinski definition) is 2. The molecule has 1 fully saturated rings. The molecule has 4 nitrogen and oxygen atoms in total. The zero-order chi connectivity index (χ0) is 11.7. The lowest BCUT2D eigenvalue weighted by Crippen LogP contribution is -2.31. The maximum atomic E-state index is 13.5. The predicted molar refractivity (Wildman–Crippen MR) is 56.0 cm³/mol. The maximum Gasteiger partial charge on any atom is 0.168 e. The standard InChI is InChI=1S/C10H13F2N3O/c11-7-5-8(12)10(14-9(7)13)15(3-4-16)6-1-2-6/h5-6,16H,1-4H2,(H2,13,14). The van der Waals surface area contributed by atoms with Crippen LogP contribution >= 0.6 is 0 Å². The lowest BCUT2D eigenvalue weighted by atomic mass is 10.3. The Labute approximate surface area is 91.7 Å². The molecule has 1 aromatic heterocycles. The summed E-state index contributed by atoms with van der Waals surface area (Å²) < 4.78 is 26.4. The van der Waals surface area contributed by atoms with Gasteiger partial charge in [-0.3, -0.25) is 0 Å². The van der Waals surface area contributed by atoms with Crippen molar-refractivity contribution < 1.29 is 13.9 Å². The average Bonchev–Trinajstić information content (AvgIpc) is 3.04. The van der Waals surface area contributed by atoms with Gasteiger partial charge in [0.1, 0.15) is 0 Å². The summed E-state index contributed by atoms with van der Waals surface area (Å²) in [5.41, 5.74) is 5.30. The second kappa shape index (κ2) is 4.21. The first-order chi connectivity index (χ1) is 7.63. The highest BCUT2D eigenvalue weighted by molar-refractivity contribution is 5.48. The molecule has 1 aliphatic carbocycles. The smallest absolute Gasteiger partial charge is 0.168 e. The zero-order valence-corrected chi connectivity index (χ0v) is 8.66. The third-order valence-corrected chi connectivity index (χ3v) is 2.54. The molecule has 0 aliphatic heterocycles. The molecular formula is C10H13F2N3O. The largest absolute Gasteiger partial charge is 0.395 e. The van der Waals surface area contributed by atoms with Crippen LogP contribution < -0.4 is 10.6 Å². The van der Waals surface area contributed by atoms with Gasteiger partial charge in [-0.15, -0.1) is 0 Å². The van der Waals surface area contributed by atoms with Gasteiger partial charge >= 0.3 is 0 Å². The van der Waals surface area contributed by atoms with Crippen molar-refractivity contribution in [3.63, 3.8) is 0 Å². The molecule has 16 heavy (non-hydrogen) atoms. The first kappa shape index (κ1) is 11.1. The maximum absolute atomic E-state index is 13.5. The van der Waals surface area contributed by atoms with Crippen molar-refractivity contribution in [2.45, 2.75) is 18.9 Å². The molecule has 0 radical (unpaired) electrons. The molecule has 6 heteroatoms. The molecule has 1 aromatic rings. The second-order valence-corrected chi connectivity index (χ2v) is 3.81. The molecule has 2 rings (SSSR count). The van der Waals surface area contributed by atoms with Gasteiger partial charge in [0.05, 0.1) is 6.61 Å². The molecular weight excluding hydrogens is 216 g/mol. The molecule has 0 saturated heterocycles. The van der Waals surface area contributed by atoms with E-state index in [0.29, 0.717) is 0 Å². The SMILES string of the molecule is Nc1nc(N(CCO)C2CC2)c(F)cc1F. The van der Waals surface area contributed by atoms with Gasteiger partial charge < -0.3 is 15.7 Å². The fourth-order valence-corrected chi connectivity index (χ4v) is 1.63. The molecule has 0 amide bonds. The number of hydrogen-bond acceptors (Lipinski definition) is 4. The number of nitrogens with zero attached hydrogens (tertiary/aromatic N) is 2. The van der Waals surface area contributed by atoms with Crippen LogP contribution in [0.1, 0.15) is 12.8 Å². The normalized spacial score (nSPS) is 15.2. The Morgan fingerprint density at radius 3 is 2.69 bits per heavy atom. The number of rotatable bonds is 4. The van der Waals surface area contributed by atoms with Gasteiger partial charge in [-0.1, -0.05) is 0 Å². The topological polar surface area (TPSA) is 62.4 Å². The Bertz CT molecular complexity index is 396. The third-order valence-electron chi connectivity index (χ3n) is 2.54. The molecule has 0 aromatic carbocycles. The predicted octanol–water partition coefficient (Wildman–Crippen LogP) is 0.903. The van der Waals surface area contributed by atoms with E-state index in [1.165, 1.54) is 0 Å². The molecule has 1 heterocycles. The van der Waals surface area contributed by atoms with Crippen molar-refractivity contribution in [1.29, 1.82) is 0 Å². The molecule has 0 bridgehead atoms. The van der Waals surface area contributed by atoms with Crippen LogP contribution in [0.15, 0.2) is 6.07 Å². The number of halogens is 2. The van der Waals surface area contributed by atoms with E-state index in [9.17, 15) is 8.78 Å². The molecule has 0 unspecified atom stereocenters. The van der Waals surface area contributed by atoms with Crippen LogP contribution in [0.25, 0.3) is 0 Å². The van der Waals surface area contributed by atoms with Gasteiger partial charge in [0.15, 0.2) is 23.3 Å². The van der Waals surface area contributed by atoms with Gasteiger partial charge in [0, 0.05) is 18.7 Å². The van der Waals surface area contributed by atoms with E-state index in [2.05, 4.69) is 4.98 Å². The van der Waals surface area contributed by atoms with E-state index in [-0.39, 0.29) is 30.8 Å². The van der Waals surface area contributed by atoms with E-state index in [1.807, 2.05) is 0 Å². The lowest BCUT2D eigenvalue weighted by Gasteiger charge is -2.23. The monoisotopic (exact) mass is 229 g/mol. The Balaban J connectivity index is 2.32.